The van der Waals surface area contributed by atoms with Crippen molar-refractivity contribution in [1.29, 1.82) is 0 Å². The maximum absolute atomic E-state index is 8.52. The molecule has 0 atom stereocenters. The van der Waals surface area contributed by atoms with Crippen LogP contribution >= 0.6 is 24.0 Å². The topological polar surface area (TPSA) is 79.9 Å². The van der Waals surface area contributed by atoms with Gasteiger partial charge in [-0.2, -0.15) is 0 Å². The summed E-state index contributed by atoms with van der Waals surface area (Å²) >= 11 is 0. The lowest BCUT2D eigenvalue weighted by molar-refractivity contribution is 0.146. The minimum Gasteiger partial charge on any atom is -0.396 e. The summed E-state index contributed by atoms with van der Waals surface area (Å²) in [6.45, 7) is 4.95. The third kappa shape index (κ3) is 13.9. The monoisotopic (exact) mass is 331 g/mol. The SMILES string of the molecule is CCOCCCN=C(N)NCCCO.I. The number of nitrogens with two attached hydrogens (primary N) is 1. The van der Waals surface area contributed by atoms with E-state index < -0.39 is 0 Å². The molecule has 0 fully saturated rings. The average molecular weight is 331 g/mol. The second-order valence-corrected chi connectivity index (χ2v) is 2.82. The van der Waals surface area contributed by atoms with Gasteiger partial charge in [0.05, 0.1) is 0 Å². The van der Waals surface area contributed by atoms with Crippen molar-refractivity contribution in [3.05, 3.63) is 0 Å². The average Bonchev–Trinajstić information content (AvgIpc) is 2.18. The summed E-state index contributed by atoms with van der Waals surface area (Å²) < 4.78 is 5.15. The third-order valence-corrected chi connectivity index (χ3v) is 1.57. The van der Waals surface area contributed by atoms with E-state index in [1.54, 1.807) is 0 Å². The van der Waals surface area contributed by atoms with Gasteiger partial charge in [-0.05, 0) is 19.8 Å². The van der Waals surface area contributed by atoms with Crippen LogP contribution in [0.2, 0.25) is 0 Å². The highest BCUT2D eigenvalue weighted by molar-refractivity contribution is 14.0. The number of nitrogens with zero attached hydrogens (tertiary/aromatic N) is 1. The molecule has 0 aromatic carbocycles. The summed E-state index contributed by atoms with van der Waals surface area (Å²) in [4.78, 5) is 4.09. The molecule has 0 aromatic heterocycles. The van der Waals surface area contributed by atoms with Gasteiger partial charge < -0.3 is 20.9 Å². The van der Waals surface area contributed by atoms with E-state index in [-0.39, 0.29) is 30.6 Å². The third-order valence-electron chi connectivity index (χ3n) is 1.57. The Hall–Kier alpha value is -0.0800. The van der Waals surface area contributed by atoms with Gasteiger partial charge in [0.2, 0.25) is 0 Å². The number of halogens is 1. The first-order chi connectivity index (χ1) is 6.81. The number of nitrogens with one attached hydrogen (secondary N) is 1. The number of hydrogen-bond acceptors (Lipinski definition) is 3. The Morgan fingerprint density at radius 3 is 2.80 bits per heavy atom. The first-order valence-electron chi connectivity index (χ1n) is 5.03. The van der Waals surface area contributed by atoms with Crippen LogP contribution in [0.15, 0.2) is 4.99 Å². The van der Waals surface area contributed by atoms with Crippen LogP contribution < -0.4 is 11.1 Å². The van der Waals surface area contributed by atoms with Crippen molar-refractivity contribution in [3.8, 4) is 0 Å². The lowest BCUT2D eigenvalue weighted by atomic mass is 10.4. The number of aliphatic hydroxyl groups excluding tert-OH is 1. The summed E-state index contributed by atoms with van der Waals surface area (Å²) in [5.74, 6) is 0.440. The molecule has 0 aliphatic rings. The number of ether oxygens (including phenoxy) is 1. The molecule has 0 aliphatic carbocycles. The molecule has 0 spiro atoms. The number of guanidine groups is 1. The van der Waals surface area contributed by atoms with E-state index in [0.717, 1.165) is 19.6 Å². The summed E-state index contributed by atoms with van der Waals surface area (Å²) in [6.07, 6.45) is 1.57. The van der Waals surface area contributed by atoms with E-state index in [1.807, 2.05) is 6.92 Å². The molecule has 4 N–H and O–H groups in total. The number of rotatable bonds is 8. The molecule has 0 saturated heterocycles. The molecule has 0 unspecified atom stereocenters. The first kappa shape index (κ1) is 17.3. The summed E-state index contributed by atoms with van der Waals surface area (Å²) in [7, 11) is 0. The van der Waals surface area contributed by atoms with Crippen molar-refractivity contribution in [2.75, 3.05) is 32.9 Å². The second kappa shape index (κ2) is 13.9. The maximum Gasteiger partial charge on any atom is 0.188 e. The van der Waals surface area contributed by atoms with Crippen LogP contribution in [0.3, 0.4) is 0 Å². The molecule has 6 heteroatoms. The van der Waals surface area contributed by atoms with Gasteiger partial charge >= 0.3 is 0 Å². The highest BCUT2D eigenvalue weighted by Crippen LogP contribution is 1.83. The van der Waals surface area contributed by atoms with Gasteiger partial charge in [0, 0.05) is 32.9 Å². The Bertz CT molecular complexity index is 156. The summed E-state index contributed by atoms with van der Waals surface area (Å²) in [5, 5.41) is 11.4. The van der Waals surface area contributed by atoms with Crippen molar-refractivity contribution in [1.82, 2.24) is 5.32 Å². The Kier molecular flexibility index (Phi) is 16.1. The highest BCUT2D eigenvalue weighted by Gasteiger charge is 1.90. The van der Waals surface area contributed by atoms with Crippen molar-refractivity contribution >= 4 is 29.9 Å². The van der Waals surface area contributed by atoms with Crippen LogP contribution in [0.5, 0.6) is 0 Å². The zero-order chi connectivity index (χ0) is 10.6. The van der Waals surface area contributed by atoms with Crippen LogP contribution in [-0.2, 0) is 4.74 Å². The molecule has 0 bridgehead atoms. The van der Waals surface area contributed by atoms with E-state index in [9.17, 15) is 0 Å². The van der Waals surface area contributed by atoms with Crippen LogP contribution in [-0.4, -0.2) is 44.0 Å². The Balaban J connectivity index is 0. The molecular formula is C9H22IN3O2. The van der Waals surface area contributed by atoms with Gasteiger partial charge in [0.15, 0.2) is 5.96 Å². The van der Waals surface area contributed by atoms with Gasteiger partial charge in [-0.3, -0.25) is 4.99 Å². The van der Waals surface area contributed by atoms with Gasteiger partial charge in [-0.1, -0.05) is 0 Å². The van der Waals surface area contributed by atoms with Gasteiger partial charge in [0.1, 0.15) is 0 Å². The molecule has 0 saturated carbocycles. The van der Waals surface area contributed by atoms with Crippen molar-refractivity contribution < 1.29 is 9.84 Å². The predicted molar refractivity (Wildman–Crippen MR) is 72.7 cm³/mol. The van der Waals surface area contributed by atoms with E-state index in [4.69, 9.17) is 15.6 Å². The molecule has 0 rings (SSSR count). The molecule has 0 aromatic rings. The van der Waals surface area contributed by atoms with Crippen LogP contribution in [0.25, 0.3) is 0 Å². The smallest absolute Gasteiger partial charge is 0.188 e. The maximum atomic E-state index is 8.52. The van der Waals surface area contributed by atoms with Gasteiger partial charge in [-0.25, -0.2) is 0 Å². The molecule has 92 valence electrons. The number of aliphatic hydroxyl groups is 1. The minimum atomic E-state index is 0. The molecule has 0 aliphatic heterocycles. The largest absolute Gasteiger partial charge is 0.396 e. The minimum absolute atomic E-state index is 0. The predicted octanol–water partition coefficient (Wildman–Crippen LogP) is 0.318. The Labute approximate surface area is 108 Å². The van der Waals surface area contributed by atoms with E-state index in [2.05, 4.69) is 10.3 Å². The zero-order valence-corrected chi connectivity index (χ0v) is 11.6. The van der Waals surface area contributed by atoms with Crippen molar-refractivity contribution in [2.45, 2.75) is 19.8 Å². The van der Waals surface area contributed by atoms with E-state index in [0.29, 0.717) is 25.5 Å². The standard InChI is InChI=1S/C9H21N3O2.HI/c1-2-14-8-4-6-12-9(10)11-5-3-7-13;/h13H,2-8H2,1H3,(H3,10,11,12);1H. The number of hydrogen-bond donors (Lipinski definition) is 3. The van der Waals surface area contributed by atoms with E-state index >= 15 is 0 Å². The fourth-order valence-corrected chi connectivity index (χ4v) is 0.862. The van der Waals surface area contributed by atoms with Gasteiger partial charge in [-0.15, -0.1) is 24.0 Å². The lowest BCUT2D eigenvalue weighted by Crippen LogP contribution is -2.32. The molecular weight excluding hydrogens is 309 g/mol. The fraction of sp³-hybridized carbons (Fsp3) is 0.889. The second-order valence-electron chi connectivity index (χ2n) is 2.82. The van der Waals surface area contributed by atoms with Gasteiger partial charge in [0.25, 0.3) is 0 Å². The zero-order valence-electron chi connectivity index (χ0n) is 9.24. The summed E-state index contributed by atoms with van der Waals surface area (Å²) in [6, 6.07) is 0. The van der Waals surface area contributed by atoms with Crippen LogP contribution in [0.4, 0.5) is 0 Å². The first-order valence-corrected chi connectivity index (χ1v) is 5.03. The summed E-state index contributed by atoms with van der Waals surface area (Å²) in [5.41, 5.74) is 5.55. The Morgan fingerprint density at radius 1 is 1.47 bits per heavy atom. The normalized spacial score (nSPS) is 10.9. The van der Waals surface area contributed by atoms with Crippen LogP contribution in [0.1, 0.15) is 19.8 Å². The van der Waals surface area contributed by atoms with Crippen molar-refractivity contribution in [2.24, 2.45) is 10.7 Å². The highest BCUT2D eigenvalue weighted by atomic mass is 127. The molecule has 0 radical (unpaired) electrons. The lowest BCUT2D eigenvalue weighted by Gasteiger charge is -2.03. The molecule has 5 nitrogen and oxygen atoms in total. The molecule has 0 amide bonds. The number of aliphatic imine (C=N–C) groups is 1. The quantitative estimate of drug-likeness (QED) is 0.259. The van der Waals surface area contributed by atoms with E-state index in [1.165, 1.54) is 0 Å². The molecule has 15 heavy (non-hydrogen) atoms. The van der Waals surface area contributed by atoms with Crippen molar-refractivity contribution in [3.63, 3.8) is 0 Å². The Morgan fingerprint density at radius 2 is 2.20 bits per heavy atom. The fourth-order valence-electron chi connectivity index (χ4n) is 0.862. The van der Waals surface area contributed by atoms with Crippen LogP contribution in [0, 0.1) is 0 Å². The molecule has 0 heterocycles.